The molecule has 0 radical (unpaired) electrons. The van der Waals surface area contributed by atoms with Crippen molar-refractivity contribution in [3.63, 3.8) is 0 Å². The molecule has 0 amide bonds. The molecule has 1 unspecified atom stereocenters. The minimum atomic E-state index is -3.41. The largest absolute Gasteiger partial charge is 0.312 e. The van der Waals surface area contributed by atoms with Crippen LogP contribution in [0.2, 0.25) is 0 Å². The summed E-state index contributed by atoms with van der Waals surface area (Å²) >= 11 is 1.48. The van der Waals surface area contributed by atoms with E-state index in [0.29, 0.717) is 17.4 Å². The molecule has 0 saturated heterocycles. The number of sulfonamides is 1. The zero-order valence-corrected chi connectivity index (χ0v) is 15.1. The van der Waals surface area contributed by atoms with Crippen LogP contribution in [-0.4, -0.2) is 21.0 Å². The van der Waals surface area contributed by atoms with E-state index < -0.39 is 10.0 Å². The lowest BCUT2D eigenvalue weighted by molar-refractivity contribution is 0.488. The van der Waals surface area contributed by atoms with Crippen LogP contribution in [0.15, 0.2) is 16.3 Å². The van der Waals surface area contributed by atoms with Crippen molar-refractivity contribution in [2.75, 3.05) is 6.54 Å². The Morgan fingerprint density at radius 1 is 1.24 bits per heavy atom. The molecule has 0 aliphatic heterocycles. The van der Waals surface area contributed by atoms with E-state index in [1.165, 1.54) is 11.3 Å². The Bertz CT molecular complexity index is 509. The fourth-order valence-corrected chi connectivity index (χ4v) is 4.85. The summed E-state index contributed by atoms with van der Waals surface area (Å²) in [5.41, 5.74) is 0. The van der Waals surface area contributed by atoms with Crippen molar-refractivity contribution < 1.29 is 8.42 Å². The normalized spacial score (nSPS) is 13.8. The lowest BCUT2D eigenvalue weighted by atomic mass is 10.0. The van der Waals surface area contributed by atoms with Gasteiger partial charge in [0.15, 0.2) is 0 Å². The number of rotatable bonds is 10. The van der Waals surface area contributed by atoms with Crippen molar-refractivity contribution in [2.45, 2.75) is 64.4 Å². The van der Waals surface area contributed by atoms with Gasteiger partial charge in [0.1, 0.15) is 0 Å². The summed E-state index contributed by atoms with van der Waals surface area (Å²) in [6.45, 7) is 9.76. The molecule has 1 aromatic heterocycles. The maximum absolute atomic E-state index is 12.5. The lowest BCUT2D eigenvalue weighted by Gasteiger charge is -2.15. The number of hydrogen-bond acceptors (Lipinski definition) is 4. The SMILES string of the molecule is CCNCc1sccc1S(=O)(=O)NC(C)CCCC(C)C. The van der Waals surface area contributed by atoms with Gasteiger partial charge in [-0.15, -0.1) is 11.3 Å². The first kappa shape index (κ1) is 18.6. The van der Waals surface area contributed by atoms with E-state index in [-0.39, 0.29) is 6.04 Å². The fraction of sp³-hybridized carbons (Fsp3) is 0.733. The smallest absolute Gasteiger partial charge is 0.241 e. The van der Waals surface area contributed by atoms with Gasteiger partial charge in [0.25, 0.3) is 0 Å². The van der Waals surface area contributed by atoms with E-state index in [0.717, 1.165) is 30.7 Å². The van der Waals surface area contributed by atoms with Crippen molar-refractivity contribution in [1.82, 2.24) is 10.0 Å². The van der Waals surface area contributed by atoms with E-state index in [2.05, 4.69) is 23.9 Å². The first-order chi connectivity index (χ1) is 9.86. The van der Waals surface area contributed by atoms with Gasteiger partial charge in [0.05, 0.1) is 4.90 Å². The van der Waals surface area contributed by atoms with Gasteiger partial charge in [0, 0.05) is 17.5 Å². The summed E-state index contributed by atoms with van der Waals surface area (Å²) in [5.74, 6) is 0.664. The van der Waals surface area contributed by atoms with Crippen molar-refractivity contribution in [1.29, 1.82) is 0 Å². The minimum absolute atomic E-state index is 0.0272. The zero-order chi connectivity index (χ0) is 15.9. The van der Waals surface area contributed by atoms with E-state index in [1.54, 1.807) is 6.07 Å². The average molecular weight is 333 g/mol. The Kier molecular flexibility index (Phi) is 7.87. The molecule has 1 aromatic rings. The fourth-order valence-electron chi connectivity index (χ4n) is 2.16. The van der Waals surface area contributed by atoms with Crippen LogP contribution in [0.4, 0.5) is 0 Å². The highest BCUT2D eigenvalue weighted by Crippen LogP contribution is 2.22. The Balaban J connectivity index is 2.62. The molecule has 0 fully saturated rings. The monoisotopic (exact) mass is 332 g/mol. The van der Waals surface area contributed by atoms with Gasteiger partial charge in [0.2, 0.25) is 10.0 Å². The Morgan fingerprint density at radius 2 is 1.95 bits per heavy atom. The number of thiophene rings is 1. The van der Waals surface area contributed by atoms with E-state index in [9.17, 15) is 8.42 Å². The second-order valence-electron chi connectivity index (χ2n) is 5.84. The Hall–Kier alpha value is -0.430. The van der Waals surface area contributed by atoms with Crippen molar-refractivity contribution >= 4 is 21.4 Å². The van der Waals surface area contributed by atoms with Crippen LogP contribution in [-0.2, 0) is 16.6 Å². The van der Waals surface area contributed by atoms with Gasteiger partial charge in [-0.25, -0.2) is 13.1 Å². The first-order valence-electron chi connectivity index (χ1n) is 7.66. The molecule has 2 N–H and O–H groups in total. The topological polar surface area (TPSA) is 58.2 Å². The van der Waals surface area contributed by atoms with Crippen molar-refractivity contribution in [3.05, 3.63) is 16.3 Å². The van der Waals surface area contributed by atoms with Gasteiger partial charge in [-0.2, -0.15) is 0 Å². The van der Waals surface area contributed by atoms with Gasteiger partial charge in [-0.1, -0.05) is 33.6 Å². The predicted molar refractivity (Wildman–Crippen MR) is 90.2 cm³/mol. The summed E-state index contributed by atoms with van der Waals surface area (Å²) in [6.07, 6.45) is 3.06. The molecular weight excluding hydrogens is 304 g/mol. The molecule has 0 aromatic carbocycles. The van der Waals surface area contributed by atoms with Crippen molar-refractivity contribution in [2.24, 2.45) is 5.92 Å². The van der Waals surface area contributed by atoms with E-state index in [1.807, 2.05) is 19.2 Å². The number of nitrogens with one attached hydrogen (secondary N) is 2. The third-order valence-corrected chi connectivity index (χ3v) is 6.03. The van der Waals surface area contributed by atoms with Crippen LogP contribution >= 0.6 is 11.3 Å². The predicted octanol–water partition coefficient (Wildman–Crippen LogP) is 3.35. The maximum Gasteiger partial charge on any atom is 0.241 e. The molecule has 1 rings (SSSR count). The maximum atomic E-state index is 12.5. The molecular formula is C15H28N2O2S2. The molecule has 0 aliphatic rings. The first-order valence-corrected chi connectivity index (χ1v) is 10.0. The molecule has 6 heteroatoms. The third-order valence-electron chi connectivity index (χ3n) is 3.30. The standard InChI is InChI=1S/C15H28N2O2S2/c1-5-16-11-14-15(9-10-20-14)21(18,19)17-13(4)8-6-7-12(2)3/h9-10,12-13,16-17H,5-8,11H2,1-4H3. The second-order valence-corrected chi connectivity index (χ2v) is 8.52. The second kappa shape index (κ2) is 8.88. The Labute approximate surface area is 133 Å². The summed E-state index contributed by atoms with van der Waals surface area (Å²) in [7, 11) is -3.41. The molecule has 122 valence electrons. The van der Waals surface area contributed by atoms with E-state index in [4.69, 9.17) is 0 Å². The molecule has 21 heavy (non-hydrogen) atoms. The summed E-state index contributed by atoms with van der Waals surface area (Å²) in [5, 5.41) is 5.02. The average Bonchev–Trinajstić information content (AvgIpc) is 2.84. The number of hydrogen-bond donors (Lipinski definition) is 2. The van der Waals surface area contributed by atoms with E-state index >= 15 is 0 Å². The molecule has 1 heterocycles. The van der Waals surface area contributed by atoms with Gasteiger partial charge in [-0.3, -0.25) is 0 Å². The highest BCUT2D eigenvalue weighted by molar-refractivity contribution is 7.89. The molecule has 4 nitrogen and oxygen atoms in total. The van der Waals surface area contributed by atoms with Crippen LogP contribution < -0.4 is 10.0 Å². The molecule has 0 bridgehead atoms. The van der Waals surface area contributed by atoms with Crippen LogP contribution in [0, 0.1) is 5.92 Å². The lowest BCUT2D eigenvalue weighted by Crippen LogP contribution is -2.33. The van der Waals surface area contributed by atoms with Gasteiger partial charge < -0.3 is 5.32 Å². The zero-order valence-electron chi connectivity index (χ0n) is 13.5. The van der Waals surface area contributed by atoms with Gasteiger partial charge >= 0.3 is 0 Å². The van der Waals surface area contributed by atoms with Crippen molar-refractivity contribution in [3.8, 4) is 0 Å². The van der Waals surface area contributed by atoms with Crippen LogP contribution in [0.1, 0.15) is 51.8 Å². The molecule has 0 spiro atoms. The summed E-state index contributed by atoms with van der Waals surface area (Å²) in [6, 6.07) is 1.67. The quantitative estimate of drug-likeness (QED) is 0.691. The highest BCUT2D eigenvalue weighted by atomic mass is 32.2. The summed E-state index contributed by atoms with van der Waals surface area (Å²) in [4.78, 5) is 1.29. The van der Waals surface area contributed by atoms with Crippen LogP contribution in [0.5, 0.6) is 0 Å². The Morgan fingerprint density at radius 3 is 2.57 bits per heavy atom. The minimum Gasteiger partial charge on any atom is -0.312 e. The van der Waals surface area contributed by atoms with Crippen LogP contribution in [0.25, 0.3) is 0 Å². The summed E-state index contributed by atoms with van der Waals surface area (Å²) < 4.78 is 27.7. The third kappa shape index (κ3) is 6.46. The highest BCUT2D eigenvalue weighted by Gasteiger charge is 2.21. The molecule has 1 atom stereocenters. The molecule has 0 saturated carbocycles. The molecule has 0 aliphatic carbocycles. The van der Waals surface area contributed by atoms with Gasteiger partial charge in [-0.05, 0) is 37.3 Å². The van der Waals surface area contributed by atoms with Crippen LogP contribution in [0.3, 0.4) is 0 Å².